The van der Waals surface area contributed by atoms with Crippen molar-refractivity contribution in [3.63, 3.8) is 0 Å². The average Bonchev–Trinajstić information content (AvgIpc) is 2.93. The molecule has 0 aliphatic rings. The molecular weight excluding hydrogens is 266 g/mol. The lowest BCUT2D eigenvalue weighted by molar-refractivity contribution is -0.116. The van der Waals surface area contributed by atoms with Gasteiger partial charge in [-0.15, -0.1) is 16.7 Å². The zero-order valence-electron chi connectivity index (χ0n) is 10.3. The summed E-state index contributed by atoms with van der Waals surface area (Å²) in [7, 11) is 0. The first-order chi connectivity index (χ1) is 9.29. The van der Waals surface area contributed by atoms with Crippen LogP contribution in [0.25, 0.3) is 5.69 Å². The first kappa shape index (κ1) is 13.5. The number of hydrogen-bond acceptors (Lipinski definition) is 4. The van der Waals surface area contributed by atoms with Crippen molar-refractivity contribution in [2.75, 3.05) is 11.2 Å². The predicted molar refractivity (Wildman–Crippen MR) is 72.4 cm³/mol. The number of amides is 1. The van der Waals surface area contributed by atoms with Crippen molar-refractivity contribution in [2.24, 2.45) is 0 Å². The molecule has 0 fully saturated rings. The lowest BCUT2D eigenvalue weighted by Gasteiger charge is -2.06. The second-order valence-corrected chi connectivity index (χ2v) is 4.38. The van der Waals surface area contributed by atoms with Crippen molar-refractivity contribution >= 4 is 23.2 Å². The minimum atomic E-state index is -0.0148. The Kier molecular flexibility index (Phi) is 4.85. The fraction of sp³-hybridized carbons (Fsp3) is 0.333. The van der Waals surface area contributed by atoms with Crippen LogP contribution in [0.3, 0.4) is 0 Å². The minimum Gasteiger partial charge on any atom is -0.326 e. The number of unbranched alkanes of at least 4 members (excludes halogenated alkanes) is 1. The van der Waals surface area contributed by atoms with E-state index in [1.807, 2.05) is 24.3 Å². The summed E-state index contributed by atoms with van der Waals surface area (Å²) in [5, 5.41) is 13.8. The number of anilines is 1. The molecule has 1 heterocycles. The van der Waals surface area contributed by atoms with Crippen molar-refractivity contribution in [2.45, 2.75) is 19.3 Å². The van der Waals surface area contributed by atoms with Crippen LogP contribution in [-0.4, -0.2) is 32.0 Å². The molecule has 100 valence electrons. The summed E-state index contributed by atoms with van der Waals surface area (Å²) in [4.78, 5) is 11.7. The molecule has 2 rings (SSSR count). The second kappa shape index (κ2) is 6.84. The first-order valence-corrected chi connectivity index (χ1v) is 6.52. The van der Waals surface area contributed by atoms with Crippen LogP contribution in [0.4, 0.5) is 5.69 Å². The van der Waals surface area contributed by atoms with Gasteiger partial charge in [-0.2, -0.15) is 0 Å². The molecule has 1 aromatic heterocycles. The summed E-state index contributed by atoms with van der Waals surface area (Å²) < 4.78 is 1.53. The number of nitrogens with zero attached hydrogens (tertiary/aromatic N) is 4. The van der Waals surface area contributed by atoms with Crippen LogP contribution < -0.4 is 5.32 Å². The Morgan fingerprint density at radius 2 is 2.26 bits per heavy atom. The highest BCUT2D eigenvalue weighted by Gasteiger charge is 2.04. The Balaban J connectivity index is 1.97. The number of carbonyl (C=O) groups excluding carboxylic acids is 1. The van der Waals surface area contributed by atoms with Crippen LogP contribution in [0.15, 0.2) is 30.6 Å². The van der Waals surface area contributed by atoms with Gasteiger partial charge in [0.15, 0.2) is 0 Å². The molecule has 0 bridgehead atoms. The summed E-state index contributed by atoms with van der Waals surface area (Å²) >= 11 is 5.57. The van der Waals surface area contributed by atoms with E-state index >= 15 is 0 Å². The van der Waals surface area contributed by atoms with Crippen LogP contribution in [0.1, 0.15) is 19.3 Å². The van der Waals surface area contributed by atoms with Gasteiger partial charge < -0.3 is 5.32 Å². The summed E-state index contributed by atoms with van der Waals surface area (Å²) in [5.74, 6) is 0.571. The third-order valence-electron chi connectivity index (χ3n) is 2.53. The number of benzene rings is 1. The molecule has 1 N–H and O–H groups in total. The Morgan fingerprint density at radius 3 is 3.00 bits per heavy atom. The third-order valence-corrected chi connectivity index (χ3v) is 2.80. The molecule has 1 aromatic carbocycles. The van der Waals surface area contributed by atoms with Gasteiger partial charge in [-0.05, 0) is 41.5 Å². The summed E-state index contributed by atoms with van der Waals surface area (Å²) in [6.45, 7) is 0. The van der Waals surface area contributed by atoms with E-state index in [-0.39, 0.29) is 5.91 Å². The van der Waals surface area contributed by atoms with E-state index in [0.29, 0.717) is 12.3 Å². The maximum atomic E-state index is 11.7. The van der Waals surface area contributed by atoms with Gasteiger partial charge in [0.1, 0.15) is 6.33 Å². The number of alkyl halides is 1. The van der Waals surface area contributed by atoms with Crippen LogP contribution in [0, 0.1) is 0 Å². The van der Waals surface area contributed by atoms with Crippen LogP contribution in [-0.2, 0) is 4.79 Å². The maximum absolute atomic E-state index is 11.7. The fourth-order valence-corrected chi connectivity index (χ4v) is 1.80. The Morgan fingerprint density at radius 1 is 1.37 bits per heavy atom. The molecule has 0 radical (unpaired) electrons. The zero-order valence-corrected chi connectivity index (χ0v) is 11.0. The van der Waals surface area contributed by atoms with E-state index in [2.05, 4.69) is 20.8 Å². The van der Waals surface area contributed by atoms with E-state index in [1.165, 1.54) is 11.0 Å². The average molecular weight is 280 g/mol. The van der Waals surface area contributed by atoms with Crippen LogP contribution in [0.2, 0.25) is 0 Å². The van der Waals surface area contributed by atoms with Crippen LogP contribution in [0.5, 0.6) is 0 Å². The molecule has 0 saturated heterocycles. The molecule has 0 unspecified atom stereocenters. The highest BCUT2D eigenvalue weighted by Crippen LogP contribution is 2.14. The second-order valence-electron chi connectivity index (χ2n) is 4.00. The van der Waals surface area contributed by atoms with Gasteiger partial charge in [0.05, 0.1) is 5.69 Å². The molecule has 2 aromatic rings. The van der Waals surface area contributed by atoms with Gasteiger partial charge in [0.2, 0.25) is 5.91 Å². The largest absolute Gasteiger partial charge is 0.326 e. The lowest BCUT2D eigenvalue weighted by Crippen LogP contribution is -2.11. The first-order valence-electron chi connectivity index (χ1n) is 5.99. The molecular formula is C12H14ClN5O. The standard InChI is InChI=1S/C12H14ClN5O/c13-7-2-1-6-12(19)15-10-4-3-5-11(8-10)18-9-14-16-17-18/h3-5,8-9H,1-2,6-7H2,(H,15,19). The topological polar surface area (TPSA) is 72.7 Å². The zero-order chi connectivity index (χ0) is 13.5. The molecule has 7 heteroatoms. The van der Waals surface area contributed by atoms with E-state index in [0.717, 1.165) is 24.2 Å². The van der Waals surface area contributed by atoms with Crippen molar-refractivity contribution in [3.05, 3.63) is 30.6 Å². The van der Waals surface area contributed by atoms with Crippen molar-refractivity contribution in [3.8, 4) is 5.69 Å². The van der Waals surface area contributed by atoms with Crippen LogP contribution >= 0.6 is 11.6 Å². The van der Waals surface area contributed by atoms with Gasteiger partial charge >= 0.3 is 0 Å². The van der Waals surface area contributed by atoms with E-state index in [9.17, 15) is 4.79 Å². The number of carbonyl (C=O) groups is 1. The van der Waals surface area contributed by atoms with Crippen molar-refractivity contribution in [1.29, 1.82) is 0 Å². The number of hydrogen-bond donors (Lipinski definition) is 1. The van der Waals surface area contributed by atoms with Crippen molar-refractivity contribution in [1.82, 2.24) is 20.2 Å². The molecule has 0 atom stereocenters. The molecule has 0 aliphatic heterocycles. The van der Waals surface area contributed by atoms with Gasteiger partial charge in [-0.1, -0.05) is 6.07 Å². The third kappa shape index (κ3) is 4.03. The minimum absolute atomic E-state index is 0.0148. The van der Waals surface area contributed by atoms with Gasteiger partial charge in [-0.3, -0.25) is 4.79 Å². The maximum Gasteiger partial charge on any atom is 0.224 e. The lowest BCUT2D eigenvalue weighted by atomic mass is 10.2. The molecule has 0 saturated carbocycles. The monoisotopic (exact) mass is 279 g/mol. The predicted octanol–water partition coefficient (Wildman–Crippen LogP) is 2.01. The number of nitrogens with one attached hydrogen (secondary N) is 1. The Hall–Kier alpha value is -1.95. The summed E-state index contributed by atoms with van der Waals surface area (Å²) in [6.07, 6.45) is 3.62. The van der Waals surface area contributed by atoms with Crippen molar-refractivity contribution < 1.29 is 4.79 Å². The van der Waals surface area contributed by atoms with E-state index < -0.39 is 0 Å². The normalized spacial score (nSPS) is 10.4. The van der Waals surface area contributed by atoms with Gasteiger partial charge in [-0.25, -0.2) is 4.68 Å². The molecule has 19 heavy (non-hydrogen) atoms. The molecule has 1 amide bonds. The highest BCUT2D eigenvalue weighted by molar-refractivity contribution is 6.17. The fourth-order valence-electron chi connectivity index (χ4n) is 1.61. The molecule has 0 spiro atoms. The number of aromatic nitrogens is 4. The van der Waals surface area contributed by atoms with Gasteiger partial charge in [0, 0.05) is 18.0 Å². The van der Waals surface area contributed by atoms with E-state index in [4.69, 9.17) is 11.6 Å². The smallest absolute Gasteiger partial charge is 0.224 e. The highest BCUT2D eigenvalue weighted by atomic mass is 35.5. The Bertz CT molecular complexity index is 529. The molecule has 6 nitrogen and oxygen atoms in total. The summed E-state index contributed by atoms with van der Waals surface area (Å²) in [6, 6.07) is 7.34. The Labute approximate surface area is 115 Å². The molecule has 0 aliphatic carbocycles. The number of halogens is 1. The SMILES string of the molecule is O=C(CCCCCl)Nc1cccc(-n2cnnn2)c1. The number of tetrazole rings is 1. The van der Waals surface area contributed by atoms with E-state index in [1.54, 1.807) is 0 Å². The van der Waals surface area contributed by atoms with Gasteiger partial charge in [0.25, 0.3) is 0 Å². The summed E-state index contributed by atoms with van der Waals surface area (Å²) in [5.41, 5.74) is 1.52. The quantitative estimate of drug-likeness (QED) is 0.648. The number of rotatable bonds is 6.